The van der Waals surface area contributed by atoms with E-state index in [0.29, 0.717) is 35.4 Å². The smallest absolute Gasteiger partial charge is 0.329 e. The van der Waals surface area contributed by atoms with Crippen molar-refractivity contribution in [2.24, 2.45) is 12.5 Å². The van der Waals surface area contributed by atoms with Gasteiger partial charge in [0.05, 0.1) is 16.6 Å². The van der Waals surface area contributed by atoms with Gasteiger partial charge in [-0.15, -0.1) is 10.2 Å². The summed E-state index contributed by atoms with van der Waals surface area (Å²) in [4.78, 5) is 59.4. The van der Waals surface area contributed by atoms with Gasteiger partial charge in [-0.3, -0.25) is 33.7 Å². The van der Waals surface area contributed by atoms with E-state index in [1.54, 1.807) is 11.6 Å². The summed E-state index contributed by atoms with van der Waals surface area (Å²) in [6.07, 6.45) is 6.67. The van der Waals surface area contributed by atoms with Crippen LogP contribution >= 0.6 is 0 Å². The van der Waals surface area contributed by atoms with Crippen LogP contribution in [0.15, 0.2) is 45.7 Å². The largest absolute Gasteiger partial charge is 0.503 e. The number of piperidine rings is 1. The maximum absolute atomic E-state index is 14.3. The highest BCUT2D eigenvalue weighted by Crippen LogP contribution is 2.57. The van der Waals surface area contributed by atoms with Crippen molar-refractivity contribution in [2.75, 3.05) is 44.2 Å². The lowest BCUT2D eigenvalue weighted by Crippen LogP contribution is -2.49. The SMILES string of the molecule is Cn1c(=O)n(C2CCC(=O)NC2=O)c2ccc(CCCN3CCN(c4ccc(-c5noc([C@]67CC[C@](CNC(=O)c8cc(F)c(O)c(F)c8F)(CC6)CC7)n5)nn4)CC3)cc21. The fourth-order valence-corrected chi connectivity index (χ4v) is 9.62. The Morgan fingerprint density at radius 1 is 0.951 bits per heavy atom. The van der Waals surface area contributed by atoms with Crippen LogP contribution in [0.1, 0.15) is 85.6 Å². The second-order valence-electron chi connectivity index (χ2n) is 17.0. The minimum atomic E-state index is -1.80. The lowest BCUT2D eigenvalue weighted by Gasteiger charge is -2.51. The number of benzene rings is 2. The van der Waals surface area contributed by atoms with Crippen molar-refractivity contribution in [1.82, 2.24) is 45.0 Å². The van der Waals surface area contributed by atoms with Crippen molar-refractivity contribution in [3.8, 4) is 17.3 Å². The third kappa shape index (κ3) is 7.41. The molecule has 0 radical (unpaired) electrons. The summed E-state index contributed by atoms with van der Waals surface area (Å²) < 4.78 is 50.8. The number of phenolic OH excluding ortho intramolecular Hbond substituents is 1. The number of anilines is 1. The van der Waals surface area contributed by atoms with E-state index >= 15 is 0 Å². The maximum atomic E-state index is 14.3. The summed E-state index contributed by atoms with van der Waals surface area (Å²) in [5.74, 6) is -6.31. The van der Waals surface area contributed by atoms with Crippen LogP contribution in [0, 0.1) is 22.9 Å². The number of imidazole rings is 1. The molecule has 1 unspecified atom stereocenters. The molecule has 2 aliphatic heterocycles. The molecule has 19 heteroatoms. The molecule has 2 saturated heterocycles. The zero-order chi connectivity index (χ0) is 42.6. The van der Waals surface area contributed by atoms with E-state index in [4.69, 9.17) is 9.51 Å². The van der Waals surface area contributed by atoms with E-state index in [-0.39, 0.29) is 35.4 Å². The number of aromatic nitrogens is 6. The van der Waals surface area contributed by atoms with Crippen LogP contribution < -0.4 is 21.2 Å². The van der Waals surface area contributed by atoms with Gasteiger partial charge in [0.1, 0.15) is 11.7 Å². The second kappa shape index (κ2) is 15.7. The number of hydrogen-bond acceptors (Lipinski definition) is 12. The summed E-state index contributed by atoms with van der Waals surface area (Å²) >= 11 is 0. The number of carbonyl (C=O) groups is 3. The Kier molecular flexibility index (Phi) is 10.4. The highest BCUT2D eigenvalue weighted by molar-refractivity contribution is 6.00. The van der Waals surface area contributed by atoms with Crippen LogP contribution in [-0.4, -0.2) is 96.5 Å². The molecule has 61 heavy (non-hydrogen) atoms. The summed E-state index contributed by atoms with van der Waals surface area (Å²) in [5.41, 5.74) is 1.40. The van der Waals surface area contributed by atoms with Gasteiger partial charge in [0.15, 0.2) is 23.2 Å². The van der Waals surface area contributed by atoms with Gasteiger partial charge in [-0.25, -0.2) is 13.6 Å². The molecule has 10 rings (SSSR count). The fraction of sp³-hybridized carbons (Fsp3) is 0.476. The molecule has 3 aliphatic carbocycles. The molecule has 5 aromatic rings. The molecule has 2 bridgehead atoms. The standard InChI is InChI=1S/C42H45F3N10O6/c1-52-30-21-24(4-6-28(30)55(40(52)60)29-7-9-32(56)47-38(29)59)3-2-16-53-17-19-54(20-18-53)31-8-5-27(49-50-31)36-48-39(61-51-36)42-13-10-41(11-14-42,12-15-42)23-46-37(58)25-22-26(43)35(57)34(45)33(25)44/h4-6,8,21-22,29,57H,2-3,7,9-20,23H2,1H3,(H,46,58)(H,47,56,59)/t29?,41-,42+. The first-order chi connectivity index (χ1) is 29.3. The van der Waals surface area contributed by atoms with Gasteiger partial charge < -0.3 is 19.8 Å². The Labute approximate surface area is 347 Å². The summed E-state index contributed by atoms with van der Waals surface area (Å²) in [6.45, 7) is 4.45. The summed E-state index contributed by atoms with van der Waals surface area (Å²) in [5, 5.41) is 27.5. The van der Waals surface area contributed by atoms with Crippen LogP contribution in [0.4, 0.5) is 19.0 Å². The van der Waals surface area contributed by atoms with E-state index in [0.717, 1.165) is 101 Å². The number of halogens is 3. The van der Waals surface area contributed by atoms with Gasteiger partial charge in [-0.1, -0.05) is 11.2 Å². The molecular formula is C42H45F3N10O6. The highest BCUT2D eigenvalue weighted by Gasteiger charge is 2.52. The highest BCUT2D eigenvalue weighted by atomic mass is 19.2. The van der Waals surface area contributed by atoms with Gasteiger partial charge in [-0.2, -0.15) is 9.37 Å². The number of hydrogen-bond donors (Lipinski definition) is 3. The predicted molar refractivity (Wildman–Crippen MR) is 213 cm³/mol. The zero-order valence-corrected chi connectivity index (χ0v) is 33.6. The van der Waals surface area contributed by atoms with E-state index in [9.17, 15) is 37.5 Å². The number of amides is 3. The Bertz CT molecular complexity index is 2580. The van der Waals surface area contributed by atoms with Crippen molar-refractivity contribution in [3.63, 3.8) is 0 Å². The molecule has 1 atom stereocenters. The van der Waals surface area contributed by atoms with Crippen molar-refractivity contribution in [2.45, 2.75) is 75.7 Å². The molecule has 0 spiro atoms. The lowest BCUT2D eigenvalue weighted by atomic mass is 9.53. The Morgan fingerprint density at radius 3 is 2.41 bits per heavy atom. The van der Waals surface area contributed by atoms with Crippen LogP contribution in [0.2, 0.25) is 0 Å². The molecule has 3 N–H and O–H groups in total. The van der Waals surface area contributed by atoms with Crippen LogP contribution in [0.3, 0.4) is 0 Å². The van der Waals surface area contributed by atoms with Crippen molar-refractivity contribution in [1.29, 1.82) is 0 Å². The number of fused-ring (bicyclic) bond motifs is 4. The third-order valence-electron chi connectivity index (χ3n) is 13.5. The van der Waals surface area contributed by atoms with Crippen LogP contribution in [0.5, 0.6) is 5.75 Å². The minimum absolute atomic E-state index is 0.199. The number of rotatable bonds is 11. The first-order valence-electron chi connectivity index (χ1n) is 20.7. The first-order valence-corrected chi connectivity index (χ1v) is 20.7. The van der Waals surface area contributed by atoms with Crippen LogP contribution in [0.25, 0.3) is 22.6 Å². The van der Waals surface area contributed by atoms with E-state index in [1.807, 2.05) is 30.3 Å². The number of piperazine rings is 1. The molecule has 16 nitrogen and oxygen atoms in total. The quantitative estimate of drug-likeness (QED) is 0.128. The van der Waals surface area contributed by atoms with Gasteiger partial charge in [0.25, 0.3) is 5.91 Å². The number of carbonyl (C=O) groups excluding carboxylic acids is 3. The molecule has 2 aromatic carbocycles. The average molecular weight is 843 g/mol. The van der Waals surface area contributed by atoms with Crippen molar-refractivity contribution in [3.05, 3.63) is 81.4 Å². The second-order valence-corrected chi connectivity index (χ2v) is 17.0. The van der Waals surface area contributed by atoms with Crippen molar-refractivity contribution < 1.29 is 37.2 Å². The number of phenols is 1. The Balaban J connectivity index is 0.744. The molecule has 3 amide bonds. The molecule has 5 fully saturated rings. The summed E-state index contributed by atoms with van der Waals surface area (Å²) in [7, 11) is 1.70. The fourth-order valence-electron chi connectivity index (χ4n) is 9.62. The van der Waals surface area contributed by atoms with Crippen LogP contribution in [-0.2, 0) is 28.5 Å². The normalized spacial score (nSPS) is 23.1. The molecular weight excluding hydrogens is 798 g/mol. The monoisotopic (exact) mass is 842 g/mol. The Morgan fingerprint density at radius 2 is 1.70 bits per heavy atom. The van der Waals surface area contributed by atoms with Gasteiger partial charge >= 0.3 is 5.69 Å². The van der Waals surface area contributed by atoms with E-state index < -0.39 is 46.6 Å². The maximum Gasteiger partial charge on any atom is 0.329 e. The topological polar surface area (TPSA) is 194 Å². The molecule has 3 saturated carbocycles. The predicted octanol–water partition coefficient (Wildman–Crippen LogP) is 4.06. The first kappa shape index (κ1) is 40.3. The zero-order valence-electron chi connectivity index (χ0n) is 33.6. The third-order valence-corrected chi connectivity index (χ3v) is 13.5. The minimum Gasteiger partial charge on any atom is -0.503 e. The molecule has 320 valence electrons. The number of imide groups is 1. The van der Waals surface area contributed by atoms with Gasteiger partial charge in [0.2, 0.25) is 29.3 Å². The summed E-state index contributed by atoms with van der Waals surface area (Å²) in [6, 6.07) is 9.47. The molecule has 3 aromatic heterocycles. The average Bonchev–Trinajstić information content (AvgIpc) is 3.88. The van der Waals surface area contributed by atoms with E-state index in [1.165, 1.54) is 4.57 Å². The van der Waals surface area contributed by atoms with Gasteiger partial charge in [-0.05, 0) is 106 Å². The van der Waals surface area contributed by atoms with Gasteiger partial charge in [0, 0.05) is 51.6 Å². The van der Waals surface area contributed by atoms with E-state index in [2.05, 4.69) is 35.8 Å². The Hall–Kier alpha value is -6.11. The number of nitrogens with one attached hydrogen (secondary N) is 2. The number of nitrogens with zero attached hydrogens (tertiary/aromatic N) is 8. The lowest BCUT2D eigenvalue weighted by molar-refractivity contribution is -0.135. The van der Waals surface area contributed by atoms with Crippen molar-refractivity contribution >= 4 is 34.6 Å². The number of aryl methyl sites for hydroxylation is 2. The molecule has 5 heterocycles. The number of aromatic hydroxyl groups is 1. The molecule has 5 aliphatic rings.